The Hall–Kier alpha value is -0.980. The van der Waals surface area contributed by atoms with Gasteiger partial charge in [-0.05, 0) is 41.4 Å². The van der Waals surface area contributed by atoms with Crippen molar-refractivity contribution in [2.24, 2.45) is 11.3 Å². The molecule has 0 aromatic carbocycles. The minimum absolute atomic E-state index is 0.405. The highest BCUT2D eigenvalue weighted by molar-refractivity contribution is 5.30. The quantitative estimate of drug-likeness (QED) is 0.663. The molecule has 1 aromatic rings. The van der Waals surface area contributed by atoms with Gasteiger partial charge in [0.15, 0.2) is 0 Å². The highest BCUT2D eigenvalue weighted by Crippen LogP contribution is 2.35. The number of H-pyrrole nitrogens is 1. The van der Waals surface area contributed by atoms with Crippen LogP contribution in [0.15, 0.2) is 0 Å². The van der Waals surface area contributed by atoms with Crippen LogP contribution in [-0.2, 0) is 12.8 Å². The Morgan fingerprint density at radius 1 is 1.27 bits per heavy atom. The van der Waals surface area contributed by atoms with Crippen LogP contribution in [-0.4, -0.2) is 4.98 Å². The molecule has 1 unspecified atom stereocenters. The molecule has 2 rings (SSSR count). The van der Waals surface area contributed by atoms with Crippen LogP contribution in [0, 0.1) is 11.3 Å². The maximum absolute atomic E-state index is 4.12. The van der Waals surface area contributed by atoms with E-state index < -0.39 is 0 Å². The van der Waals surface area contributed by atoms with Gasteiger partial charge in [-0.1, -0.05) is 33.9 Å². The first kappa shape index (κ1) is 10.5. The van der Waals surface area contributed by atoms with Crippen molar-refractivity contribution in [3.8, 4) is 0 Å². The van der Waals surface area contributed by atoms with Gasteiger partial charge < -0.3 is 4.98 Å². The summed E-state index contributed by atoms with van der Waals surface area (Å²) in [4.78, 5) is 3.36. The lowest BCUT2D eigenvalue weighted by atomic mass is 9.72. The third kappa shape index (κ3) is 1.75. The predicted molar refractivity (Wildman–Crippen MR) is 66.1 cm³/mol. The molecule has 0 spiro atoms. The Kier molecular flexibility index (Phi) is 2.29. The van der Waals surface area contributed by atoms with Gasteiger partial charge >= 0.3 is 0 Å². The molecule has 0 radical (unpaired) electrons. The zero-order valence-electron chi connectivity index (χ0n) is 10.1. The molecule has 1 atom stereocenters. The third-order valence-electron chi connectivity index (χ3n) is 3.81. The van der Waals surface area contributed by atoms with Crippen molar-refractivity contribution in [1.82, 2.24) is 4.98 Å². The zero-order chi connectivity index (χ0) is 11.2. The summed E-state index contributed by atoms with van der Waals surface area (Å²) in [6, 6.07) is 0. The van der Waals surface area contributed by atoms with Crippen molar-refractivity contribution in [1.29, 1.82) is 0 Å². The van der Waals surface area contributed by atoms with Gasteiger partial charge in [0.05, 0.1) is 0 Å². The van der Waals surface area contributed by atoms with Crippen LogP contribution in [0.4, 0.5) is 0 Å². The van der Waals surface area contributed by atoms with Crippen LogP contribution in [0.5, 0.6) is 0 Å². The molecular formula is C14H21N. The lowest BCUT2D eigenvalue weighted by Crippen LogP contribution is -2.30. The van der Waals surface area contributed by atoms with Crippen LogP contribution >= 0.6 is 0 Å². The second-order valence-electron chi connectivity index (χ2n) is 5.84. The Morgan fingerprint density at radius 2 is 1.93 bits per heavy atom. The number of hydrogen-bond acceptors (Lipinski definition) is 0. The fraction of sp³-hybridized carbons (Fsp3) is 0.571. The van der Waals surface area contributed by atoms with E-state index in [0.717, 1.165) is 22.9 Å². The summed E-state index contributed by atoms with van der Waals surface area (Å²) in [7, 11) is 0. The number of hydrogen-bond donors (Lipinski definition) is 1. The fourth-order valence-electron chi connectivity index (χ4n) is 2.56. The lowest BCUT2D eigenvalue weighted by molar-refractivity contribution is 0.215. The smallest absolute Gasteiger partial charge is 0.0379 e. The second-order valence-corrected chi connectivity index (χ2v) is 5.84. The van der Waals surface area contributed by atoms with Gasteiger partial charge in [0.1, 0.15) is 0 Å². The molecule has 1 heterocycles. The van der Waals surface area contributed by atoms with E-state index in [0.29, 0.717) is 5.41 Å². The van der Waals surface area contributed by atoms with E-state index in [9.17, 15) is 0 Å². The third-order valence-corrected chi connectivity index (χ3v) is 3.81. The van der Waals surface area contributed by atoms with Crippen molar-refractivity contribution in [2.75, 3.05) is 0 Å². The number of aromatic amines is 1. The number of aromatic nitrogens is 1. The summed E-state index contributed by atoms with van der Waals surface area (Å²) in [5, 5.41) is 2.15. The summed E-state index contributed by atoms with van der Waals surface area (Å²) in [6.07, 6.45) is 3.62. The Morgan fingerprint density at radius 3 is 2.53 bits per heavy atom. The van der Waals surface area contributed by atoms with Crippen molar-refractivity contribution < 1.29 is 0 Å². The Labute approximate surface area is 91.9 Å². The molecule has 1 aromatic heterocycles. The average molecular weight is 203 g/mol. The maximum Gasteiger partial charge on any atom is 0.0379 e. The van der Waals surface area contributed by atoms with Gasteiger partial charge in [0.25, 0.3) is 0 Å². The minimum atomic E-state index is 0.405. The molecule has 1 heteroatoms. The molecule has 1 aliphatic carbocycles. The summed E-state index contributed by atoms with van der Waals surface area (Å²) in [6.45, 7) is 15.1. The molecule has 1 N–H and O–H groups in total. The average Bonchev–Trinajstić information content (AvgIpc) is 2.41. The van der Waals surface area contributed by atoms with Gasteiger partial charge in [-0.15, -0.1) is 0 Å². The molecule has 1 aliphatic rings. The van der Waals surface area contributed by atoms with Crippen LogP contribution in [0.1, 0.15) is 38.4 Å². The van der Waals surface area contributed by atoms with Gasteiger partial charge in [-0.2, -0.15) is 0 Å². The van der Waals surface area contributed by atoms with Crippen LogP contribution in [0.2, 0.25) is 0 Å². The monoisotopic (exact) mass is 203 g/mol. The van der Waals surface area contributed by atoms with Gasteiger partial charge in [-0.3, -0.25) is 0 Å². The summed E-state index contributed by atoms with van der Waals surface area (Å²) >= 11 is 0. The maximum atomic E-state index is 4.12. The molecule has 82 valence electrons. The summed E-state index contributed by atoms with van der Waals surface area (Å²) < 4.78 is 0. The van der Waals surface area contributed by atoms with Crippen LogP contribution < -0.4 is 10.6 Å². The standard InChI is InChI=1S/C14H21N/c1-9-10(2)15-13-7-6-11(8-12(9)13)14(3,4)5/h11,15H,1-2,6-8H2,3-5H3. The number of aryl methyl sites for hydroxylation is 1. The topological polar surface area (TPSA) is 15.8 Å². The van der Waals surface area contributed by atoms with Crippen LogP contribution in [0.25, 0.3) is 13.2 Å². The van der Waals surface area contributed by atoms with Gasteiger partial charge in [-0.25, -0.2) is 0 Å². The first-order valence-corrected chi connectivity index (χ1v) is 5.77. The first-order valence-electron chi connectivity index (χ1n) is 5.77. The van der Waals surface area contributed by atoms with Crippen molar-refractivity contribution in [3.05, 3.63) is 21.8 Å². The first-order chi connectivity index (χ1) is 6.89. The summed E-state index contributed by atoms with van der Waals surface area (Å²) in [5.74, 6) is 0.778. The molecule has 0 aliphatic heterocycles. The normalized spacial score (nSPS) is 21.4. The van der Waals surface area contributed by atoms with E-state index in [4.69, 9.17) is 0 Å². The predicted octanol–water partition coefficient (Wildman–Crippen LogP) is 1.99. The van der Waals surface area contributed by atoms with E-state index in [1.165, 1.54) is 24.1 Å². The van der Waals surface area contributed by atoms with Gasteiger partial charge in [0, 0.05) is 11.0 Å². The van der Waals surface area contributed by atoms with E-state index in [1.54, 1.807) is 0 Å². The largest absolute Gasteiger partial charge is 0.359 e. The highest BCUT2D eigenvalue weighted by atomic mass is 14.7. The zero-order valence-corrected chi connectivity index (χ0v) is 10.1. The van der Waals surface area contributed by atoms with Crippen LogP contribution in [0.3, 0.4) is 0 Å². The highest BCUT2D eigenvalue weighted by Gasteiger charge is 2.29. The number of nitrogens with one attached hydrogen (secondary N) is 1. The SMILES string of the molecule is C=c1[nH]c2c(c1=C)CC(C(C)(C)C)CC2. The number of fused-ring (bicyclic) bond motifs is 1. The molecule has 0 saturated carbocycles. The van der Waals surface area contributed by atoms with E-state index in [-0.39, 0.29) is 0 Å². The van der Waals surface area contributed by atoms with E-state index in [1.807, 2.05) is 0 Å². The molecule has 1 nitrogen and oxygen atoms in total. The minimum Gasteiger partial charge on any atom is -0.359 e. The van der Waals surface area contributed by atoms with E-state index in [2.05, 4.69) is 38.9 Å². The Bertz CT molecular complexity index is 459. The molecule has 0 bridgehead atoms. The second kappa shape index (κ2) is 3.26. The Balaban J connectivity index is 2.38. The molecule has 0 amide bonds. The van der Waals surface area contributed by atoms with Crippen molar-refractivity contribution >= 4 is 13.2 Å². The van der Waals surface area contributed by atoms with E-state index >= 15 is 0 Å². The van der Waals surface area contributed by atoms with Crippen molar-refractivity contribution in [3.63, 3.8) is 0 Å². The van der Waals surface area contributed by atoms with Gasteiger partial charge in [0.2, 0.25) is 0 Å². The lowest BCUT2D eigenvalue weighted by Gasteiger charge is -2.33. The number of rotatable bonds is 0. The molecule has 0 saturated heterocycles. The van der Waals surface area contributed by atoms with Crippen molar-refractivity contribution in [2.45, 2.75) is 40.0 Å². The fourth-order valence-corrected chi connectivity index (χ4v) is 2.56. The molecular weight excluding hydrogens is 182 g/mol. The molecule has 0 fully saturated rings. The summed E-state index contributed by atoms with van der Waals surface area (Å²) in [5.41, 5.74) is 3.22. The molecule has 15 heavy (non-hydrogen) atoms.